The van der Waals surface area contributed by atoms with Crippen LogP contribution in [-0.4, -0.2) is 17.2 Å². The van der Waals surface area contributed by atoms with Crippen molar-refractivity contribution in [1.82, 2.24) is 15.5 Å². The smallest absolute Gasteiger partial charge is 0.134 e. The fraction of sp³-hybridized carbons (Fsp3) is 0.714. The third-order valence-electron chi connectivity index (χ3n) is 1.65. The lowest BCUT2D eigenvalue weighted by atomic mass is 10.4. The second-order valence-corrected chi connectivity index (χ2v) is 3.82. The molecule has 0 radical (unpaired) electrons. The standard InChI is InChI=1S/C7H14N4S/c1-4(8)6-10-11-7(12-6)5(2)9-3/h4-5,9H,8H2,1-3H3. The molecule has 5 heteroatoms. The van der Waals surface area contributed by atoms with E-state index in [0.717, 1.165) is 10.0 Å². The highest BCUT2D eigenvalue weighted by Crippen LogP contribution is 2.20. The van der Waals surface area contributed by atoms with Gasteiger partial charge in [0.25, 0.3) is 0 Å². The molecule has 0 amide bonds. The maximum absolute atomic E-state index is 5.66. The largest absolute Gasteiger partial charge is 0.322 e. The highest BCUT2D eigenvalue weighted by atomic mass is 32.1. The molecule has 0 aromatic carbocycles. The van der Waals surface area contributed by atoms with E-state index < -0.39 is 0 Å². The predicted octanol–water partition coefficient (Wildman–Crippen LogP) is 0.838. The van der Waals surface area contributed by atoms with Gasteiger partial charge in [-0.05, 0) is 20.9 Å². The molecule has 0 aliphatic rings. The molecular weight excluding hydrogens is 172 g/mol. The van der Waals surface area contributed by atoms with Crippen molar-refractivity contribution in [3.05, 3.63) is 10.0 Å². The summed E-state index contributed by atoms with van der Waals surface area (Å²) < 4.78 is 0. The maximum Gasteiger partial charge on any atom is 0.134 e. The summed E-state index contributed by atoms with van der Waals surface area (Å²) in [6, 6.07) is 0.246. The van der Waals surface area contributed by atoms with E-state index in [9.17, 15) is 0 Å². The lowest BCUT2D eigenvalue weighted by Gasteiger charge is -2.03. The number of nitrogens with zero attached hydrogens (tertiary/aromatic N) is 2. The van der Waals surface area contributed by atoms with Crippen LogP contribution in [0.1, 0.15) is 35.9 Å². The first-order chi connectivity index (χ1) is 5.65. The van der Waals surface area contributed by atoms with Crippen molar-refractivity contribution in [2.75, 3.05) is 7.05 Å². The van der Waals surface area contributed by atoms with Crippen LogP contribution in [-0.2, 0) is 0 Å². The van der Waals surface area contributed by atoms with Crippen molar-refractivity contribution in [1.29, 1.82) is 0 Å². The number of hydrogen-bond acceptors (Lipinski definition) is 5. The van der Waals surface area contributed by atoms with E-state index in [1.54, 1.807) is 11.3 Å². The van der Waals surface area contributed by atoms with E-state index in [-0.39, 0.29) is 12.1 Å². The number of rotatable bonds is 3. The molecule has 0 saturated carbocycles. The van der Waals surface area contributed by atoms with Gasteiger partial charge in [-0.3, -0.25) is 0 Å². The SMILES string of the molecule is CNC(C)c1nnc(C(C)N)s1. The van der Waals surface area contributed by atoms with E-state index in [2.05, 4.69) is 15.5 Å². The summed E-state index contributed by atoms with van der Waals surface area (Å²) in [7, 11) is 1.90. The third-order valence-corrected chi connectivity index (χ3v) is 2.96. The minimum absolute atomic E-state index is 0.0136. The van der Waals surface area contributed by atoms with E-state index >= 15 is 0 Å². The molecule has 0 saturated heterocycles. The van der Waals surface area contributed by atoms with E-state index in [0.29, 0.717) is 0 Å². The van der Waals surface area contributed by atoms with Crippen molar-refractivity contribution in [3.63, 3.8) is 0 Å². The molecule has 0 aliphatic heterocycles. The number of nitrogens with two attached hydrogens (primary N) is 1. The van der Waals surface area contributed by atoms with Crippen LogP contribution in [0.3, 0.4) is 0 Å². The highest BCUT2D eigenvalue weighted by molar-refractivity contribution is 7.11. The Morgan fingerprint density at radius 2 is 1.92 bits per heavy atom. The van der Waals surface area contributed by atoms with Crippen LogP contribution in [0.5, 0.6) is 0 Å². The molecule has 0 bridgehead atoms. The van der Waals surface area contributed by atoms with Crippen LogP contribution in [0.25, 0.3) is 0 Å². The Kier molecular flexibility index (Phi) is 3.13. The van der Waals surface area contributed by atoms with E-state index in [4.69, 9.17) is 5.73 Å². The molecule has 68 valence electrons. The van der Waals surface area contributed by atoms with E-state index in [1.807, 2.05) is 20.9 Å². The summed E-state index contributed by atoms with van der Waals surface area (Å²) in [5, 5.41) is 13.0. The van der Waals surface area contributed by atoms with Gasteiger partial charge in [-0.15, -0.1) is 10.2 Å². The summed E-state index contributed by atoms with van der Waals surface area (Å²) in [6.45, 7) is 3.96. The van der Waals surface area contributed by atoms with E-state index in [1.165, 1.54) is 0 Å². The second kappa shape index (κ2) is 3.93. The topological polar surface area (TPSA) is 63.8 Å². The number of aromatic nitrogens is 2. The van der Waals surface area contributed by atoms with Crippen molar-refractivity contribution < 1.29 is 0 Å². The molecule has 2 atom stereocenters. The first-order valence-corrected chi connectivity index (χ1v) is 4.73. The minimum Gasteiger partial charge on any atom is -0.322 e. The van der Waals surface area contributed by atoms with Crippen LogP contribution in [0.4, 0.5) is 0 Å². The Morgan fingerprint density at radius 1 is 1.33 bits per heavy atom. The van der Waals surface area contributed by atoms with Crippen LogP contribution < -0.4 is 11.1 Å². The monoisotopic (exact) mass is 186 g/mol. The van der Waals surface area contributed by atoms with Crippen LogP contribution in [0.2, 0.25) is 0 Å². The summed E-state index contributed by atoms with van der Waals surface area (Å²) in [5.41, 5.74) is 5.66. The summed E-state index contributed by atoms with van der Waals surface area (Å²) in [4.78, 5) is 0. The van der Waals surface area contributed by atoms with Crippen LogP contribution in [0, 0.1) is 0 Å². The molecule has 1 aromatic heterocycles. The maximum atomic E-state index is 5.66. The Balaban J connectivity index is 2.77. The molecule has 1 rings (SSSR count). The third kappa shape index (κ3) is 2.00. The summed E-state index contributed by atoms with van der Waals surface area (Å²) in [6.07, 6.45) is 0. The number of nitrogens with one attached hydrogen (secondary N) is 1. The molecule has 2 unspecified atom stereocenters. The van der Waals surface area contributed by atoms with Crippen molar-refractivity contribution >= 4 is 11.3 Å². The lowest BCUT2D eigenvalue weighted by molar-refractivity contribution is 0.638. The van der Waals surface area contributed by atoms with Gasteiger partial charge in [0.2, 0.25) is 0 Å². The Labute approximate surface area is 76.2 Å². The van der Waals surface area contributed by atoms with Crippen LogP contribution >= 0.6 is 11.3 Å². The first kappa shape index (κ1) is 9.57. The van der Waals surface area contributed by atoms with Gasteiger partial charge in [0, 0.05) is 0 Å². The van der Waals surface area contributed by atoms with Crippen molar-refractivity contribution in [2.24, 2.45) is 5.73 Å². The van der Waals surface area contributed by atoms with Crippen LogP contribution in [0.15, 0.2) is 0 Å². The Morgan fingerprint density at radius 3 is 2.33 bits per heavy atom. The molecule has 1 aromatic rings. The summed E-state index contributed by atoms with van der Waals surface area (Å²) in [5.74, 6) is 0. The molecule has 0 aliphatic carbocycles. The van der Waals surface area contributed by atoms with Gasteiger partial charge in [-0.25, -0.2) is 0 Å². The zero-order chi connectivity index (χ0) is 9.14. The molecule has 12 heavy (non-hydrogen) atoms. The van der Waals surface area contributed by atoms with Gasteiger partial charge >= 0.3 is 0 Å². The van der Waals surface area contributed by atoms with Gasteiger partial charge in [0.1, 0.15) is 10.0 Å². The number of hydrogen-bond donors (Lipinski definition) is 2. The lowest BCUT2D eigenvalue weighted by Crippen LogP contribution is -2.11. The average Bonchev–Trinajstić information content (AvgIpc) is 2.51. The molecular formula is C7H14N4S. The predicted molar refractivity (Wildman–Crippen MR) is 50.0 cm³/mol. The zero-order valence-corrected chi connectivity index (χ0v) is 8.35. The Hall–Kier alpha value is -0.520. The zero-order valence-electron chi connectivity index (χ0n) is 7.53. The fourth-order valence-corrected chi connectivity index (χ4v) is 1.59. The molecule has 1 heterocycles. The minimum atomic E-state index is -0.0136. The molecule has 0 spiro atoms. The first-order valence-electron chi connectivity index (χ1n) is 3.91. The normalized spacial score (nSPS) is 16.0. The highest BCUT2D eigenvalue weighted by Gasteiger charge is 2.11. The van der Waals surface area contributed by atoms with Crippen molar-refractivity contribution in [2.45, 2.75) is 25.9 Å². The van der Waals surface area contributed by atoms with Gasteiger partial charge in [0.05, 0.1) is 12.1 Å². The second-order valence-electron chi connectivity index (χ2n) is 2.78. The molecule has 0 fully saturated rings. The molecule has 3 N–H and O–H groups in total. The van der Waals surface area contributed by atoms with Gasteiger partial charge in [-0.2, -0.15) is 0 Å². The summed E-state index contributed by atoms with van der Waals surface area (Å²) >= 11 is 1.56. The Bertz CT molecular complexity index is 245. The van der Waals surface area contributed by atoms with Gasteiger partial charge in [0.15, 0.2) is 0 Å². The molecule has 4 nitrogen and oxygen atoms in total. The quantitative estimate of drug-likeness (QED) is 0.734. The van der Waals surface area contributed by atoms with Crippen molar-refractivity contribution in [3.8, 4) is 0 Å². The average molecular weight is 186 g/mol. The van der Waals surface area contributed by atoms with Gasteiger partial charge in [-0.1, -0.05) is 11.3 Å². The fourth-order valence-electron chi connectivity index (χ4n) is 0.729. The van der Waals surface area contributed by atoms with Gasteiger partial charge < -0.3 is 11.1 Å².